The zero-order valence-corrected chi connectivity index (χ0v) is 12.9. The van der Waals surface area contributed by atoms with E-state index in [9.17, 15) is 4.79 Å². The van der Waals surface area contributed by atoms with Gasteiger partial charge in [-0.3, -0.25) is 4.79 Å². The molecule has 1 amide bonds. The van der Waals surface area contributed by atoms with Crippen LogP contribution in [-0.2, 0) is 5.41 Å². The highest BCUT2D eigenvalue weighted by molar-refractivity contribution is 5.94. The van der Waals surface area contributed by atoms with E-state index in [-0.39, 0.29) is 17.4 Å². The van der Waals surface area contributed by atoms with Crippen LogP contribution in [0.1, 0.15) is 43.6 Å². The Hall–Kier alpha value is -1.39. The number of nitrogens with one attached hydrogen (secondary N) is 2. The van der Waals surface area contributed by atoms with Gasteiger partial charge in [0.25, 0.3) is 5.91 Å². The van der Waals surface area contributed by atoms with Gasteiger partial charge in [0.2, 0.25) is 0 Å². The van der Waals surface area contributed by atoms with Gasteiger partial charge in [-0.15, -0.1) is 0 Å². The molecule has 4 heteroatoms. The minimum atomic E-state index is -0.365. The molecule has 0 aliphatic rings. The molecule has 1 rings (SSSR count). The Kier molecular flexibility index (Phi) is 6.17. The molecule has 0 saturated carbocycles. The molecule has 112 valence electrons. The van der Waals surface area contributed by atoms with E-state index in [1.807, 2.05) is 24.3 Å². The zero-order chi connectivity index (χ0) is 15.2. The van der Waals surface area contributed by atoms with Crippen molar-refractivity contribution < 1.29 is 9.90 Å². The summed E-state index contributed by atoms with van der Waals surface area (Å²) in [5, 5.41) is 15.0. The number of rotatable bonds is 6. The van der Waals surface area contributed by atoms with Crippen LogP contribution in [0, 0.1) is 0 Å². The number of aliphatic hydroxyl groups excluding tert-OH is 1. The maximum absolute atomic E-state index is 11.9. The number of amides is 1. The molecule has 20 heavy (non-hydrogen) atoms. The van der Waals surface area contributed by atoms with Crippen LogP contribution in [0.5, 0.6) is 0 Å². The van der Waals surface area contributed by atoms with Crippen LogP contribution >= 0.6 is 0 Å². The van der Waals surface area contributed by atoms with E-state index < -0.39 is 0 Å². The van der Waals surface area contributed by atoms with E-state index in [0.717, 1.165) is 0 Å². The van der Waals surface area contributed by atoms with Crippen molar-refractivity contribution in [3.63, 3.8) is 0 Å². The molecule has 0 aromatic heterocycles. The van der Waals surface area contributed by atoms with Gasteiger partial charge in [-0.1, -0.05) is 32.9 Å². The van der Waals surface area contributed by atoms with E-state index >= 15 is 0 Å². The fourth-order valence-electron chi connectivity index (χ4n) is 1.80. The fourth-order valence-corrected chi connectivity index (χ4v) is 1.80. The van der Waals surface area contributed by atoms with Gasteiger partial charge in [0.15, 0.2) is 0 Å². The molecular formula is C16H26N2O2. The van der Waals surface area contributed by atoms with Crippen LogP contribution in [0.2, 0.25) is 0 Å². The van der Waals surface area contributed by atoms with Crippen LogP contribution in [-0.4, -0.2) is 36.8 Å². The average Bonchev–Trinajstić information content (AvgIpc) is 2.37. The largest absolute Gasteiger partial charge is 0.392 e. The van der Waals surface area contributed by atoms with Crippen LogP contribution in [0.3, 0.4) is 0 Å². The van der Waals surface area contributed by atoms with Crippen LogP contribution in [0.25, 0.3) is 0 Å². The van der Waals surface area contributed by atoms with Gasteiger partial charge in [-0.05, 0) is 30.0 Å². The van der Waals surface area contributed by atoms with Gasteiger partial charge >= 0.3 is 0 Å². The van der Waals surface area contributed by atoms with E-state index in [2.05, 4.69) is 31.4 Å². The number of aliphatic hydroxyl groups is 1. The topological polar surface area (TPSA) is 61.4 Å². The third kappa shape index (κ3) is 5.72. The highest BCUT2D eigenvalue weighted by Crippen LogP contribution is 2.22. The van der Waals surface area contributed by atoms with Gasteiger partial charge < -0.3 is 15.7 Å². The highest BCUT2D eigenvalue weighted by atomic mass is 16.3. The summed E-state index contributed by atoms with van der Waals surface area (Å²) in [5.74, 6) is -0.0655. The Morgan fingerprint density at radius 3 is 2.30 bits per heavy atom. The maximum atomic E-state index is 11.9. The van der Waals surface area contributed by atoms with Crippen molar-refractivity contribution in [3.8, 4) is 0 Å². The first kappa shape index (κ1) is 16.7. The number of benzene rings is 1. The molecule has 0 radical (unpaired) electrons. The average molecular weight is 278 g/mol. The SMILES string of the molecule is CC(O)CNCCNC(=O)c1ccc(C(C)(C)C)cc1. The van der Waals surface area contributed by atoms with Gasteiger partial charge in [-0.25, -0.2) is 0 Å². The number of carbonyl (C=O) groups is 1. The Labute approximate surface area is 121 Å². The predicted octanol–water partition coefficient (Wildman–Crippen LogP) is 1.68. The third-order valence-corrected chi connectivity index (χ3v) is 3.04. The summed E-state index contributed by atoms with van der Waals surface area (Å²) in [6.45, 7) is 9.91. The molecule has 4 nitrogen and oxygen atoms in total. The van der Waals surface area contributed by atoms with Gasteiger partial charge in [-0.2, -0.15) is 0 Å². The Morgan fingerprint density at radius 1 is 1.20 bits per heavy atom. The summed E-state index contributed by atoms with van der Waals surface area (Å²) in [4.78, 5) is 11.9. The van der Waals surface area contributed by atoms with Crippen molar-refractivity contribution in [2.24, 2.45) is 0 Å². The fraction of sp³-hybridized carbons (Fsp3) is 0.562. The summed E-state index contributed by atoms with van der Waals surface area (Å²) in [6.07, 6.45) is -0.365. The third-order valence-electron chi connectivity index (χ3n) is 3.04. The molecule has 0 fully saturated rings. The predicted molar refractivity (Wildman–Crippen MR) is 82.0 cm³/mol. The molecule has 1 aromatic rings. The second-order valence-corrected chi connectivity index (χ2v) is 6.14. The molecule has 1 aromatic carbocycles. The molecule has 1 unspecified atom stereocenters. The van der Waals surface area contributed by atoms with Gasteiger partial charge in [0.1, 0.15) is 0 Å². The van der Waals surface area contributed by atoms with Crippen molar-refractivity contribution in [1.29, 1.82) is 0 Å². The molecule has 0 heterocycles. The summed E-state index contributed by atoms with van der Waals surface area (Å²) in [6, 6.07) is 7.72. The minimum absolute atomic E-state index is 0.0655. The van der Waals surface area contributed by atoms with Crippen molar-refractivity contribution in [3.05, 3.63) is 35.4 Å². The molecule has 0 saturated heterocycles. The highest BCUT2D eigenvalue weighted by Gasteiger charge is 2.14. The summed E-state index contributed by atoms with van der Waals surface area (Å²) < 4.78 is 0. The Morgan fingerprint density at radius 2 is 1.80 bits per heavy atom. The normalized spacial score (nSPS) is 13.1. The van der Waals surface area contributed by atoms with Crippen molar-refractivity contribution in [2.75, 3.05) is 19.6 Å². The summed E-state index contributed by atoms with van der Waals surface area (Å²) >= 11 is 0. The molecule has 0 bridgehead atoms. The van der Waals surface area contributed by atoms with Crippen molar-refractivity contribution in [1.82, 2.24) is 10.6 Å². The van der Waals surface area contributed by atoms with Crippen LogP contribution in [0.4, 0.5) is 0 Å². The summed E-state index contributed by atoms with van der Waals surface area (Å²) in [5.41, 5.74) is 1.99. The lowest BCUT2D eigenvalue weighted by Crippen LogP contribution is -2.34. The number of carbonyl (C=O) groups excluding carboxylic acids is 1. The van der Waals surface area contributed by atoms with Gasteiger partial charge in [0.05, 0.1) is 6.10 Å². The molecule has 0 aliphatic carbocycles. The van der Waals surface area contributed by atoms with E-state index in [1.165, 1.54) is 5.56 Å². The lowest BCUT2D eigenvalue weighted by atomic mass is 9.87. The number of hydrogen-bond donors (Lipinski definition) is 3. The molecular weight excluding hydrogens is 252 g/mol. The molecule has 1 atom stereocenters. The van der Waals surface area contributed by atoms with Crippen LogP contribution < -0.4 is 10.6 Å². The Bertz CT molecular complexity index is 419. The van der Waals surface area contributed by atoms with Gasteiger partial charge in [0, 0.05) is 25.2 Å². The molecule has 0 aliphatic heterocycles. The van der Waals surface area contributed by atoms with Crippen molar-refractivity contribution in [2.45, 2.75) is 39.2 Å². The van der Waals surface area contributed by atoms with E-state index in [1.54, 1.807) is 6.92 Å². The standard InChI is InChI=1S/C16H26N2O2/c1-12(19)11-17-9-10-18-15(20)13-5-7-14(8-6-13)16(2,3)4/h5-8,12,17,19H,9-11H2,1-4H3,(H,18,20). The number of hydrogen-bond acceptors (Lipinski definition) is 3. The van der Waals surface area contributed by atoms with Crippen LogP contribution in [0.15, 0.2) is 24.3 Å². The quantitative estimate of drug-likeness (QED) is 0.694. The monoisotopic (exact) mass is 278 g/mol. The minimum Gasteiger partial charge on any atom is -0.392 e. The lowest BCUT2D eigenvalue weighted by Gasteiger charge is -2.19. The second-order valence-electron chi connectivity index (χ2n) is 6.14. The lowest BCUT2D eigenvalue weighted by molar-refractivity contribution is 0.0953. The maximum Gasteiger partial charge on any atom is 0.251 e. The van der Waals surface area contributed by atoms with E-state index in [4.69, 9.17) is 5.11 Å². The molecule has 3 N–H and O–H groups in total. The smallest absolute Gasteiger partial charge is 0.251 e. The second kappa shape index (κ2) is 7.41. The first-order chi connectivity index (χ1) is 9.30. The summed E-state index contributed by atoms with van der Waals surface area (Å²) in [7, 11) is 0. The first-order valence-corrected chi connectivity index (χ1v) is 7.08. The Balaban J connectivity index is 2.40. The first-order valence-electron chi connectivity index (χ1n) is 7.08. The molecule has 0 spiro atoms. The zero-order valence-electron chi connectivity index (χ0n) is 12.9. The van der Waals surface area contributed by atoms with E-state index in [0.29, 0.717) is 25.2 Å². The van der Waals surface area contributed by atoms with Crippen molar-refractivity contribution >= 4 is 5.91 Å².